The quantitative estimate of drug-likeness (QED) is 0.909. The highest BCUT2D eigenvalue weighted by molar-refractivity contribution is 5.85. The monoisotopic (exact) mass is 310 g/mol. The van der Waals surface area contributed by atoms with Gasteiger partial charge in [0.1, 0.15) is 0 Å². The molecule has 3 nitrogen and oxygen atoms in total. The third kappa shape index (κ3) is 5.33. The Kier molecular flexibility index (Phi) is 7.76. The van der Waals surface area contributed by atoms with Gasteiger partial charge in [0.05, 0.1) is 0 Å². The highest BCUT2D eigenvalue weighted by Crippen LogP contribution is 2.23. The van der Waals surface area contributed by atoms with Crippen molar-refractivity contribution in [1.29, 1.82) is 0 Å². The Morgan fingerprint density at radius 1 is 1.29 bits per heavy atom. The summed E-state index contributed by atoms with van der Waals surface area (Å²) in [4.78, 5) is 14.1. The summed E-state index contributed by atoms with van der Waals surface area (Å²) in [6, 6.07) is 10.7. The van der Waals surface area contributed by atoms with Gasteiger partial charge in [0.25, 0.3) is 0 Å². The van der Waals surface area contributed by atoms with Crippen LogP contribution in [0.25, 0.3) is 0 Å². The summed E-state index contributed by atoms with van der Waals surface area (Å²) in [6.45, 7) is 4.18. The van der Waals surface area contributed by atoms with Crippen LogP contribution in [0.15, 0.2) is 30.3 Å². The smallest absolute Gasteiger partial charge is 0.226 e. The molecule has 1 atom stereocenters. The van der Waals surface area contributed by atoms with Gasteiger partial charge in [-0.05, 0) is 37.2 Å². The molecule has 1 aromatic carbocycles. The predicted octanol–water partition coefficient (Wildman–Crippen LogP) is 2.87. The van der Waals surface area contributed by atoms with Crippen LogP contribution in [-0.2, 0) is 11.2 Å². The van der Waals surface area contributed by atoms with Crippen molar-refractivity contribution >= 4 is 18.3 Å². The predicted molar refractivity (Wildman–Crippen MR) is 89.5 cm³/mol. The van der Waals surface area contributed by atoms with E-state index in [2.05, 4.69) is 30.3 Å². The molecular formula is C17H27ClN2O. The first kappa shape index (κ1) is 18.0. The molecule has 4 heteroatoms. The summed E-state index contributed by atoms with van der Waals surface area (Å²) in [5.74, 6) is 0.956. The lowest BCUT2D eigenvalue weighted by atomic mass is 9.90. The number of amides is 1. The third-order valence-corrected chi connectivity index (χ3v) is 4.39. The topological polar surface area (TPSA) is 46.3 Å². The maximum atomic E-state index is 12.1. The summed E-state index contributed by atoms with van der Waals surface area (Å²) in [7, 11) is 0. The summed E-state index contributed by atoms with van der Waals surface area (Å²) in [5, 5.41) is 0. The molecule has 1 aromatic rings. The van der Waals surface area contributed by atoms with Crippen LogP contribution in [0.2, 0.25) is 0 Å². The summed E-state index contributed by atoms with van der Waals surface area (Å²) in [5.41, 5.74) is 6.99. The first-order valence-electron chi connectivity index (χ1n) is 7.73. The van der Waals surface area contributed by atoms with E-state index in [4.69, 9.17) is 5.73 Å². The summed E-state index contributed by atoms with van der Waals surface area (Å²) >= 11 is 0. The van der Waals surface area contributed by atoms with Crippen molar-refractivity contribution in [2.24, 2.45) is 17.6 Å². The maximum Gasteiger partial charge on any atom is 0.226 e. The van der Waals surface area contributed by atoms with Crippen LogP contribution in [0, 0.1) is 11.8 Å². The number of likely N-dealkylation sites (tertiary alicyclic amines) is 1. The number of halogens is 1. The average molecular weight is 311 g/mol. The molecule has 1 saturated heterocycles. The standard InChI is InChI=1S/C17H26N2O.ClH/c1-14(13-18)17(20)19-11-9-16(10-12-19)8-7-15-5-3-2-4-6-15;/h2-6,14,16H,7-13,18H2,1H3;1H. The van der Waals surface area contributed by atoms with Crippen LogP contribution in [0.4, 0.5) is 0 Å². The van der Waals surface area contributed by atoms with Crippen LogP contribution >= 0.6 is 12.4 Å². The second-order valence-electron chi connectivity index (χ2n) is 5.93. The van der Waals surface area contributed by atoms with E-state index in [-0.39, 0.29) is 24.2 Å². The van der Waals surface area contributed by atoms with Gasteiger partial charge in [0, 0.05) is 25.6 Å². The van der Waals surface area contributed by atoms with E-state index < -0.39 is 0 Å². The van der Waals surface area contributed by atoms with E-state index in [0.717, 1.165) is 38.3 Å². The lowest BCUT2D eigenvalue weighted by molar-refractivity contribution is -0.136. The lowest BCUT2D eigenvalue weighted by Crippen LogP contribution is -2.42. The Morgan fingerprint density at radius 3 is 2.48 bits per heavy atom. The van der Waals surface area contributed by atoms with Gasteiger partial charge in [-0.3, -0.25) is 4.79 Å². The van der Waals surface area contributed by atoms with Gasteiger partial charge < -0.3 is 10.6 Å². The SMILES string of the molecule is CC(CN)C(=O)N1CCC(CCc2ccccc2)CC1.Cl. The van der Waals surface area contributed by atoms with E-state index in [0.29, 0.717) is 6.54 Å². The van der Waals surface area contributed by atoms with E-state index in [1.54, 1.807) is 0 Å². The summed E-state index contributed by atoms with van der Waals surface area (Å²) in [6.07, 6.45) is 4.66. The normalized spacial score (nSPS) is 17.1. The summed E-state index contributed by atoms with van der Waals surface area (Å²) < 4.78 is 0. The first-order valence-corrected chi connectivity index (χ1v) is 7.73. The third-order valence-electron chi connectivity index (χ3n) is 4.39. The fourth-order valence-electron chi connectivity index (χ4n) is 2.87. The van der Waals surface area contributed by atoms with Crippen molar-refractivity contribution < 1.29 is 4.79 Å². The zero-order chi connectivity index (χ0) is 14.4. The molecule has 1 amide bonds. The van der Waals surface area contributed by atoms with E-state index in [1.807, 2.05) is 11.8 Å². The van der Waals surface area contributed by atoms with Gasteiger partial charge in [0.2, 0.25) is 5.91 Å². The van der Waals surface area contributed by atoms with E-state index in [1.165, 1.54) is 12.0 Å². The number of carbonyl (C=O) groups is 1. The van der Waals surface area contributed by atoms with Crippen molar-refractivity contribution in [2.45, 2.75) is 32.6 Å². The molecule has 21 heavy (non-hydrogen) atoms. The largest absolute Gasteiger partial charge is 0.342 e. The Balaban J connectivity index is 0.00000220. The molecule has 118 valence electrons. The maximum absolute atomic E-state index is 12.1. The van der Waals surface area contributed by atoms with Crippen LogP contribution in [0.3, 0.4) is 0 Å². The van der Waals surface area contributed by atoms with E-state index >= 15 is 0 Å². The number of hydrogen-bond donors (Lipinski definition) is 1. The Hall–Kier alpha value is -1.06. The number of benzene rings is 1. The molecule has 2 N–H and O–H groups in total. The van der Waals surface area contributed by atoms with Crippen molar-refractivity contribution in [2.75, 3.05) is 19.6 Å². The molecule has 1 aliphatic heterocycles. The molecule has 1 heterocycles. The second-order valence-corrected chi connectivity index (χ2v) is 5.93. The van der Waals surface area contributed by atoms with Gasteiger partial charge in [-0.25, -0.2) is 0 Å². The van der Waals surface area contributed by atoms with Crippen molar-refractivity contribution in [1.82, 2.24) is 4.90 Å². The van der Waals surface area contributed by atoms with Gasteiger partial charge in [-0.1, -0.05) is 37.3 Å². The fourth-order valence-corrected chi connectivity index (χ4v) is 2.87. The minimum atomic E-state index is -0.0316. The number of carbonyl (C=O) groups excluding carboxylic acids is 1. The Morgan fingerprint density at radius 2 is 1.90 bits per heavy atom. The first-order chi connectivity index (χ1) is 9.70. The zero-order valence-corrected chi connectivity index (χ0v) is 13.6. The highest BCUT2D eigenvalue weighted by atomic mass is 35.5. The zero-order valence-electron chi connectivity index (χ0n) is 12.8. The van der Waals surface area contributed by atoms with Crippen LogP contribution in [0.5, 0.6) is 0 Å². The highest BCUT2D eigenvalue weighted by Gasteiger charge is 2.25. The number of nitrogens with two attached hydrogens (primary N) is 1. The van der Waals surface area contributed by atoms with Crippen LogP contribution in [-0.4, -0.2) is 30.4 Å². The molecule has 1 unspecified atom stereocenters. The number of rotatable bonds is 5. The van der Waals surface area contributed by atoms with Gasteiger partial charge >= 0.3 is 0 Å². The Labute approximate surface area is 134 Å². The fraction of sp³-hybridized carbons (Fsp3) is 0.588. The van der Waals surface area contributed by atoms with Crippen molar-refractivity contribution in [3.05, 3.63) is 35.9 Å². The molecule has 1 aliphatic rings. The number of aryl methyl sites for hydroxylation is 1. The molecule has 0 saturated carbocycles. The van der Waals surface area contributed by atoms with Crippen molar-refractivity contribution in [3.63, 3.8) is 0 Å². The molecule has 0 aliphatic carbocycles. The molecular weight excluding hydrogens is 284 g/mol. The van der Waals surface area contributed by atoms with Crippen LogP contribution in [0.1, 0.15) is 31.7 Å². The minimum Gasteiger partial charge on any atom is -0.342 e. The van der Waals surface area contributed by atoms with Gasteiger partial charge in [-0.15, -0.1) is 12.4 Å². The number of hydrogen-bond acceptors (Lipinski definition) is 2. The lowest BCUT2D eigenvalue weighted by Gasteiger charge is -2.33. The Bertz CT molecular complexity index is 416. The number of piperidine rings is 1. The average Bonchev–Trinajstić information content (AvgIpc) is 2.53. The van der Waals surface area contributed by atoms with Crippen LogP contribution < -0.4 is 5.73 Å². The molecule has 1 fully saturated rings. The molecule has 0 radical (unpaired) electrons. The van der Waals surface area contributed by atoms with E-state index in [9.17, 15) is 4.79 Å². The second kappa shape index (κ2) is 9.06. The van der Waals surface area contributed by atoms with Gasteiger partial charge in [0.15, 0.2) is 0 Å². The minimum absolute atomic E-state index is 0. The molecule has 0 bridgehead atoms. The van der Waals surface area contributed by atoms with Crippen molar-refractivity contribution in [3.8, 4) is 0 Å². The van der Waals surface area contributed by atoms with Gasteiger partial charge in [-0.2, -0.15) is 0 Å². The molecule has 0 spiro atoms. The molecule has 2 rings (SSSR count). The molecule has 0 aromatic heterocycles. The number of nitrogens with zero attached hydrogens (tertiary/aromatic N) is 1.